The first-order valence-electron chi connectivity index (χ1n) is 11.1. The number of rotatable bonds is 6. The van der Waals surface area contributed by atoms with Crippen LogP contribution in [0.3, 0.4) is 0 Å². The first-order valence-corrected chi connectivity index (χ1v) is 11.1. The Morgan fingerprint density at radius 3 is 2.79 bits per heavy atom. The SMILES string of the molecule is O=C(c1ccc(Cn2ccnc2)cc1)N1CCC[C@@H](Cc2nc(-c3ccccc3F)no2)C1. The maximum Gasteiger partial charge on any atom is 0.253 e. The van der Waals surface area contributed by atoms with Gasteiger partial charge in [-0.25, -0.2) is 9.37 Å². The number of imidazole rings is 1. The number of carbonyl (C=O) groups excluding carboxylic acids is 1. The van der Waals surface area contributed by atoms with Crippen LogP contribution in [0, 0.1) is 11.7 Å². The zero-order valence-corrected chi connectivity index (χ0v) is 18.1. The van der Waals surface area contributed by atoms with E-state index in [9.17, 15) is 9.18 Å². The van der Waals surface area contributed by atoms with E-state index in [0.717, 1.165) is 31.5 Å². The van der Waals surface area contributed by atoms with Crippen LogP contribution in [0.15, 0.2) is 71.8 Å². The third-order valence-corrected chi connectivity index (χ3v) is 5.98. The Labute approximate surface area is 190 Å². The fraction of sp³-hybridized carbons (Fsp3) is 0.280. The summed E-state index contributed by atoms with van der Waals surface area (Å²) in [4.78, 5) is 23.4. The van der Waals surface area contributed by atoms with E-state index in [-0.39, 0.29) is 23.5 Å². The topological polar surface area (TPSA) is 77.1 Å². The molecular formula is C25H24FN5O2. The molecule has 2 aromatic heterocycles. The van der Waals surface area contributed by atoms with Crippen LogP contribution in [0.4, 0.5) is 4.39 Å². The van der Waals surface area contributed by atoms with Gasteiger partial charge in [0.25, 0.3) is 5.91 Å². The van der Waals surface area contributed by atoms with Crippen molar-refractivity contribution in [3.05, 3.63) is 90.1 Å². The number of benzene rings is 2. The summed E-state index contributed by atoms with van der Waals surface area (Å²) in [6.07, 6.45) is 7.90. The van der Waals surface area contributed by atoms with Crippen molar-refractivity contribution in [2.75, 3.05) is 13.1 Å². The summed E-state index contributed by atoms with van der Waals surface area (Å²) < 4.78 is 21.4. The molecule has 0 N–H and O–H groups in total. The van der Waals surface area contributed by atoms with E-state index in [4.69, 9.17) is 4.52 Å². The summed E-state index contributed by atoms with van der Waals surface area (Å²) in [5, 5.41) is 3.94. The number of amides is 1. The molecule has 0 bridgehead atoms. The second-order valence-corrected chi connectivity index (χ2v) is 8.39. The van der Waals surface area contributed by atoms with Crippen LogP contribution in [0.25, 0.3) is 11.4 Å². The zero-order valence-electron chi connectivity index (χ0n) is 18.1. The average molecular weight is 445 g/mol. The maximum absolute atomic E-state index is 14.0. The Kier molecular flexibility index (Phi) is 5.97. The van der Waals surface area contributed by atoms with Crippen molar-refractivity contribution in [3.63, 3.8) is 0 Å². The molecule has 1 fully saturated rings. The van der Waals surface area contributed by atoms with Gasteiger partial charge in [0.2, 0.25) is 11.7 Å². The Balaban J connectivity index is 1.21. The highest BCUT2D eigenvalue weighted by Crippen LogP contribution is 2.24. The van der Waals surface area contributed by atoms with Gasteiger partial charge in [-0.3, -0.25) is 4.79 Å². The van der Waals surface area contributed by atoms with E-state index in [1.807, 2.05) is 39.9 Å². The highest BCUT2D eigenvalue weighted by molar-refractivity contribution is 5.94. The molecule has 0 radical (unpaired) electrons. The third-order valence-electron chi connectivity index (χ3n) is 5.98. The molecule has 0 unspecified atom stereocenters. The predicted octanol–water partition coefficient (Wildman–Crippen LogP) is 4.22. The quantitative estimate of drug-likeness (QED) is 0.444. The van der Waals surface area contributed by atoms with E-state index in [0.29, 0.717) is 30.0 Å². The molecular weight excluding hydrogens is 421 g/mol. The molecule has 1 atom stereocenters. The smallest absolute Gasteiger partial charge is 0.253 e. The second kappa shape index (κ2) is 9.36. The number of hydrogen-bond acceptors (Lipinski definition) is 5. The van der Waals surface area contributed by atoms with E-state index >= 15 is 0 Å². The molecule has 1 aliphatic heterocycles. The standard InChI is InChI=1S/C25H24FN5O2/c26-22-6-2-1-5-21(22)24-28-23(33-29-24)14-19-4-3-12-31(16-19)25(32)20-9-7-18(8-10-20)15-30-13-11-27-17-30/h1-2,5-11,13,17,19H,3-4,12,14-16H2/t19-/m0/s1. The lowest BCUT2D eigenvalue weighted by Crippen LogP contribution is -2.40. The highest BCUT2D eigenvalue weighted by atomic mass is 19.1. The Hall–Kier alpha value is -3.81. The van der Waals surface area contributed by atoms with E-state index in [2.05, 4.69) is 15.1 Å². The number of likely N-dealkylation sites (tertiary alicyclic amines) is 1. The molecule has 0 saturated carbocycles. The molecule has 1 saturated heterocycles. The minimum Gasteiger partial charge on any atom is -0.339 e. The van der Waals surface area contributed by atoms with Gasteiger partial charge in [-0.15, -0.1) is 0 Å². The summed E-state index contributed by atoms with van der Waals surface area (Å²) >= 11 is 0. The van der Waals surface area contributed by atoms with Gasteiger partial charge < -0.3 is 14.0 Å². The zero-order chi connectivity index (χ0) is 22.6. The van der Waals surface area contributed by atoms with Crippen LogP contribution in [0.1, 0.15) is 34.7 Å². The molecule has 0 spiro atoms. The largest absolute Gasteiger partial charge is 0.339 e. The lowest BCUT2D eigenvalue weighted by atomic mass is 9.94. The molecule has 2 aromatic carbocycles. The molecule has 1 amide bonds. The number of halogens is 1. The van der Waals surface area contributed by atoms with Crippen molar-refractivity contribution in [2.45, 2.75) is 25.8 Å². The van der Waals surface area contributed by atoms with Gasteiger partial charge in [-0.1, -0.05) is 29.4 Å². The maximum atomic E-state index is 14.0. The normalized spacial score (nSPS) is 16.2. The van der Waals surface area contributed by atoms with Crippen molar-refractivity contribution in [1.29, 1.82) is 0 Å². The highest BCUT2D eigenvalue weighted by Gasteiger charge is 2.26. The first kappa shape index (κ1) is 21.1. The van der Waals surface area contributed by atoms with Crippen LogP contribution < -0.4 is 0 Å². The van der Waals surface area contributed by atoms with Gasteiger partial charge >= 0.3 is 0 Å². The summed E-state index contributed by atoms with van der Waals surface area (Å²) in [6.45, 7) is 2.09. The number of hydrogen-bond donors (Lipinski definition) is 0. The Bertz CT molecular complexity index is 1220. The minimum absolute atomic E-state index is 0.0338. The molecule has 8 heteroatoms. The van der Waals surface area contributed by atoms with E-state index in [1.165, 1.54) is 6.07 Å². The fourth-order valence-corrected chi connectivity index (χ4v) is 4.28. The van der Waals surface area contributed by atoms with Crippen LogP contribution in [0.5, 0.6) is 0 Å². The Morgan fingerprint density at radius 1 is 1.15 bits per heavy atom. The molecule has 5 rings (SSSR count). The third kappa shape index (κ3) is 4.84. The van der Waals surface area contributed by atoms with Gasteiger partial charge in [0, 0.05) is 44.0 Å². The molecule has 4 aromatic rings. The van der Waals surface area contributed by atoms with Gasteiger partial charge in [0.1, 0.15) is 5.82 Å². The molecule has 33 heavy (non-hydrogen) atoms. The van der Waals surface area contributed by atoms with Crippen LogP contribution in [-0.4, -0.2) is 43.6 Å². The summed E-state index contributed by atoms with van der Waals surface area (Å²) in [5.41, 5.74) is 2.12. The van der Waals surface area contributed by atoms with Gasteiger partial charge in [0.05, 0.1) is 11.9 Å². The fourth-order valence-electron chi connectivity index (χ4n) is 4.28. The van der Waals surface area contributed by atoms with Gasteiger partial charge in [0.15, 0.2) is 0 Å². The molecule has 3 heterocycles. The summed E-state index contributed by atoms with van der Waals surface area (Å²) in [7, 11) is 0. The van der Waals surface area contributed by atoms with Crippen molar-refractivity contribution in [2.24, 2.45) is 5.92 Å². The number of nitrogens with zero attached hydrogens (tertiary/aromatic N) is 5. The van der Waals surface area contributed by atoms with Crippen molar-refractivity contribution in [3.8, 4) is 11.4 Å². The monoisotopic (exact) mass is 445 g/mol. The van der Waals surface area contributed by atoms with E-state index in [1.54, 1.807) is 30.7 Å². The number of carbonyl (C=O) groups is 1. The van der Waals surface area contributed by atoms with Crippen molar-refractivity contribution in [1.82, 2.24) is 24.6 Å². The average Bonchev–Trinajstić information content (AvgIpc) is 3.52. The van der Waals surface area contributed by atoms with Gasteiger partial charge in [-0.05, 0) is 48.6 Å². The van der Waals surface area contributed by atoms with Crippen LogP contribution in [-0.2, 0) is 13.0 Å². The molecule has 0 aliphatic carbocycles. The summed E-state index contributed by atoms with van der Waals surface area (Å²) in [6, 6.07) is 14.1. The van der Waals surface area contributed by atoms with E-state index < -0.39 is 0 Å². The number of aromatic nitrogens is 4. The first-order chi connectivity index (χ1) is 16.2. The van der Waals surface area contributed by atoms with Crippen LogP contribution in [0.2, 0.25) is 0 Å². The lowest BCUT2D eigenvalue weighted by molar-refractivity contribution is 0.0668. The molecule has 1 aliphatic rings. The summed E-state index contributed by atoms with van der Waals surface area (Å²) in [5.74, 6) is 0.595. The molecule has 168 valence electrons. The minimum atomic E-state index is -0.379. The van der Waals surface area contributed by atoms with Crippen molar-refractivity contribution >= 4 is 5.91 Å². The second-order valence-electron chi connectivity index (χ2n) is 8.39. The molecule has 7 nitrogen and oxygen atoms in total. The van der Waals surface area contributed by atoms with Gasteiger partial charge in [-0.2, -0.15) is 4.98 Å². The number of piperidine rings is 1. The Morgan fingerprint density at radius 2 is 2.00 bits per heavy atom. The lowest BCUT2D eigenvalue weighted by Gasteiger charge is -2.32. The van der Waals surface area contributed by atoms with Crippen LogP contribution >= 0.6 is 0 Å². The predicted molar refractivity (Wildman–Crippen MR) is 120 cm³/mol. The van der Waals surface area contributed by atoms with Crippen molar-refractivity contribution < 1.29 is 13.7 Å².